The largest absolute Gasteiger partial charge is 0.467 e. The van der Waals surface area contributed by atoms with Gasteiger partial charge in [-0.3, -0.25) is 4.57 Å². The zero-order valence-electron chi connectivity index (χ0n) is 11.2. The van der Waals surface area contributed by atoms with Gasteiger partial charge < -0.3 is 10.5 Å². The monoisotopic (exact) mass is 301 g/mol. The molecule has 3 rings (SSSR count). The van der Waals surface area contributed by atoms with Crippen molar-refractivity contribution >= 4 is 17.3 Å². The van der Waals surface area contributed by atoms with E-state index in [4.69, 9.17) is 22.1 Å². The number of anilines is 1. The first-order valence-electron chi connectivity index (χ1n) is 6.15. The van der Waals surface area contributed by atoms with E-state index in [1.54, 1.807) is 17.0 Å². The summed E-state index contributed by atoms with van der Waals surface area (Å²) in [6, 6.07) is 7.65. The average molecular weight is 302 g/mol. The lowest BCUT2D eigenvalue weighted by molar-refractivity contribution is 0.379. The minimum Gasteiger partial charge on any atom is -0.467 e. The van der Waals surface area contributed by atoms with Gasteiger partial charge in [0.15, 0.2) is 5.82 Å². The molecular weight excluding hydrogens is 290 g/mol. The Morgan fingerprint density at radius 2 is 1.95 bits per heavy atom. The molecule has 0 bridgehead atoms. The lowest BCUT2D eigenvalue weighted by Gasteiger charge is -2.09. The summed E-state index contributed by atoms with van der Waals surface area (Å²) in [5.74, 6) is 1.21. The molecule has 7 heteroatoms. The molecule has 0 aliphatic rings. The highest BCUT2D eigenvalue weighted by atomic mass is 35.5. The molecule has 0 atom stereocenters. The van der Waals surface area contributed by atoms with E-state index in [-0.39, 0.29) is 6.01 Å². The van der Waals surface area contributed by atoms with E-state index in [9.17, 15) is 0 Å². The molecule has 2 heterocycles. The molecule has 0 fully saturated rings. The summed E-state index contributed by atoms with van der Waals surface area (Å²) >= 11 is 6.18. The van der Waals surface area contributed by atoms with Crippen molar-refractivity contribution in [3.63, 3.8) is 0 Å². The fraction of sp³-hybridized carbons (Fsp3) is 0.0714. The van der Waals surface area contributed by atoms with Crippen molar-refractivity contribution in [2.45, 2.75) is 0 Å². The maximum atomic E-state index is 6.18. The Hall–Kier alpha value is -2.60. The van der Waals surface area contributed by atoms with Crippen molar-refractivity contribution in [3.8, 4) is 23.2 Å². The highest BCUT2D eigenvalue weighted by molar-refractivity contribution is 6.32. The van der Waals surface area contributed by atoms with Crippen LogP contribution in [0.25, 0.3) is 17.2 Å². The molecular formula is C14H12ClN5O. The van der Waals surface area contributed by atoms with E-state index >= 15 is 0 Å². The Balaban J connectivity index is 2.13. The number of imidazole rings is 1. The summed E-state index contributed by atoms with van der Waals surface area (Å²) in [5, 5.41) is 0.408. The van der Waals surface area contributed by atoms with Crippen molar-refractivity contribution in [2.75, 3.05) is 12.8 Å². The van der Waals surface area contributed by atoms with Crippen molar-refractivity contribution in [1.29, 1.82) is 0 Å². The maximum Gasteiger partial charge on any atom is 0.318 e. The predicted molar refractivity (Wildman–Crippen MR) is 80.6 cm³/mol. The van der Waals surface area contributed by atoms with E-state index in [1.165, 1.54) is 13.3 Å². The van der Waals surface area contributed by atoms with Gasteiger partial charge in [-0.15, -0.1) is 0 Å². The average Bonchev–Trinajstić information content (AvgIpc) is 2.98. The normalized spacial score (nSPS) is 10.6. The van der Waals surface area contributed by atoms with Crippen molar-refractivity contribution < 1.29 is 4.74 Å². The summed E-state index contributed by atoms with van der Waals surface area (Å²) in [5.41, 5.74) is 7.30. The summed E-state index contributed by atoms with van der Waals surface area (Å²) in [4.78, 5) is 12.6. The Morgan fingerprint density at radius 1 is 1.19 bits per heavy atom. The van der Waals surface area contributed by atoms with E-state index in [2.05, 4.69) is 15.0 Å². The molecule has 0 aliphatic carbocycles. The van der Waals surface area contributed by atoms with Crippen LogP contribution in [0.4, 0.5) is 5.69 Å². The van der Waals surface area contributed by atoms with Crippen LogP contribution >= 0.6 is 11.6 Å². The zero-order chi connectivity index (χ0) is 14.8. The van der Waals surface area contributed by atoms with Gasteiger partial charge in [-0.2, -0.15) is 4.98 Å². The van der Waals surface area contributed by atoms with Gasteiger partial charge in [0.25, 0.3) is 0 Å². The SMILES string of the molecule is COc1ncc(Cl)c(-n2ccnc2-c2ccc(N)cc2)n1. The zero-order valence-corrected chi connectivity index (χ0v) is 11.9. The number of aromatic nitrogens is 4. The van der Waals surface area contributed by atoms with E-state index in [0.717, 1.165) is 5.56 Å². The number of nitrogens with zero attached hydrogens (tertiary/aromatic N) is 4. The molecule has 2 N–H and O–H groups in total. The second-order valence-electron chi connectivity index (χ2n) is 4.27. The Kier molecular flexibility index (Phi) is 3.45. The lowest BCUT2D eigenvalue weighted by Crippen LogP contribution is -2.03. The molecule has 21 heavy (non-hydrogen) atoms. The van der Waals surface area contributed by atoms with Gasteiger partial charge in [-0.1, -0.05) is 11.6 Å². The number of ether oxygens (including phenoxy) is 1. The molecule has 0 amide bonds. The second kappa shape index (κ2) is 5.41. The van der Waals surface area contributed by atoms with Crippen LogP contribution in [0.3, 0.4) is 0 Å². The molecule has 0 aliphatic heterocycles. The summed E-state index contributed by atoms with van der Waals surface area (Å²) in [7, 11) is 1.50. The van der Waals surface area contributed by atoms with Gasteiger partial charge in [0, 0.05) is 23.6 Å². The van der Waals surface area contributed by atoms with E-state index in [1.807, 2.05) is 24.3 Å². The molecule has 0 saturated carbocycles. The van der Waals surface area contributed by atoms with E-state index in [0.29, 0.717) is 22.4 Å². The van der Waals surface area contributed by atoms with Gasteiger partial charge in [0.1, 0.15) is 10.8 Å². The number of hydrogen-bond acceptors (Lipinski definition) is 5. The molecule has 2 aromatic heterocycles. The number of nitrogens with two attached hydrogens (primary N) is 1. The standard InChI is InChI=1S/C14H12ClN5O/c1-21-14-18-8-11(15)13(19-14)20-7-6-17-12(20)9-2-4-10(16)5-3-9/h2-8H,16H2,1H3. The van der Waals surface area contributed by atoms with Crippen molar-refractivity contribution in [1.82, 2.24) is 19.5 Å². The minimum atomic E-state index is 0.242. The Labute approximate surface area is 126 Å². The van der Waals surface area contributed by atoms with Gasteiger partial charge in [-0.05, 0) is 24.3 Å². The molecule has 0 saturated heterocycles. The fourth-order valence-electron chi connectivity index (χ4n) is 1.93. The third-order valence-corrected chi connectivity index (χ3v) is 3.19. The Bertz CT molecular complexity index is 769. The fourth-order valence-corrected chi connectivity index (χ4v) is 2.11. The van der Waals surface area contributed by atoms with Gasteiger partial charge in [-0.25, -0.2) is 9.97 Å². The summed E-state index contributed by atoms with van der Waals surface area (Å²) < 4.78 is 6.81. The smallest absolute Gasteiger partial charge is 0.318 e. The number of halogens is 1. The number of rotatable bonds is 3. The first-order chi connectivity index (χ1) is 10.2. The molecule has 0 radical (unpaired) electrons. The van der Waals surface area contributed by atoms with E-state index < -0.39 is 0 Å². The van der Waals surface area contributed by atoms with Crippen LogP contribution in [0.2, 0.25) is 5.02 Å². The number of hydrogen-bond donors (Lipinski definition) is 1. The quantitative estimate of drug-likeness (QED) is 0.752. The molecule has 106 valence electrons. The van der Waals surface area contributed by atoms with Crippen molar-refractivity contribution in [2.24, 2.45) is 0 Å². The summed E-state index contributed by atoms with van der Waals surface area (Å²) in [6.07, 6.45) is 4.95. The van der Waals surface area contributed by atoms with Gasteiger partial charge >= 0.3 is 6.01 Å². The van der Waals surface area contributed by atoms with Crippen LogP contribution in [0, 0.1) is 0 Å². The van der Waals surface area contributed by atoms with Crippen LogP contribution in [-0.4, -0.2) is 26.6 Å². The van der Waals surface area contributed by atoms with Gasteiger partial charge in [0.05, 0.1) is 13.3 Å². The molecule has 0 unspecified atom stereocenters. The number of methoxy groups -OCH3 is 1. The highest BCUT2D eigenvalue weighted by Crippen LogP contribution is 2.26. The molecule has 6 nitrogen and oxygen atoms in total. The first kappa shape index (κ1) is 13.4. The van der Waals surface area contributed by atoms with Crippen LogP contribution < -0.4 is 10.5 Å². The Morgan fingerprint density at radius 3 is 2.67 bits per heavy atom. The topological polar surface area (TPSA) is 78.8 Å². The maximum absolute atomic E-state index is 6.18. The third-order valence-electron chi connectivity index (χ3n) is 2.92. The molecule has 3 aromatic rings. The van der Waals surface area contributed by atoms with Crippen LogP contribution in [0.1, 0.15) is 0 Å². The second-order valence-corrected chi connectivity index (χ2v) is 4.68. The first-order valence-corrected chi connectivity index (χ1v) is 6.53. The number of nitrogen functional groups attached to an aromatic ring is 1. The number of benzene rings is 1. The minimum absolute atomic E-state index is 0.242. The highest BCUT2D eigenvalue weighted by Gasteiger charge is 2.13. The van der Waals surface area contributed by atoms with Crippen LogP contribution in [0.5, 0.6) is 6.01 Å². The predicted octanol–water partition coefficient (Wildman–Crippen LogP) is 2.57. The molecule has 0 spiro atoms. The van der Waals surface area contributed by atoms with Gasteiger partial charge in [0.2, 0.25) is 0 Å². The lowest BCUT2D eigenvalue weighted by atomic mass is 10.2. The van der Waals surface area contributed by atoms with Crippen LogP contribution in [0.15, 0.2) is 42.9 Å². The molecule has 1 aromatic carbocycles. The van der Waals surface area contributed by atoms with Crippen molar-refractivity contribution in [3.05, 3.63) is 47.9 Å². The van der Waals surface area contributed by atoms with Crippen LogP contribution in [-0.2, 0) is 0 Å². The summed E-state index contributed by atoms with van der Waals surface area (Å²) in [6.45, 7) is 0. The third kappa shape index (κ3) is 2.53.